The number of nitrogens with one attached hydrogen (secondary N) is 1. The summed E-state index contributed by atoms with van der Waals surface area (Å²) in [7, 11) is 0. The average molecular weight is 379 g/mol. The molecule has 134 valence electrons. The van der Waals surface area contributed by atoms with Crippen LogP contribution >= 0.6 is 23.1 Å². The first-order valence-electron chi connectivity index (χ1n) is 7.97. The Morgan fingerprint density at radius 3 is 2.56 bits per heavy atom. The number of nitrogen functional groups attached to an aromatic ring is 1. The van der Waals surface area contributed by atoms with E-state index in [1.54, 1.807) is 11.3 Å². The van der Waals surface area contributed by atoms with Gasteiger partial charge in [-0.2, -0.15) is 0 Å². The monoisotopic (exact) mass is 378 g/mol. The van der Waals surface area contributed by atoms with Crippen molar-refractivity contribution in [2.45, 2.75) is 57.4 Å². The highest BCUT2D eigenvalue weighted by molar-refractivity contribution is 7.99. The van der Waals surface area contributed by atoms with Gasteiger partial charge in [-0.15, -0.1) is 21.5 Å². The normalized spacial score (nSPS) is 13.5. The molecule has 0 aliphatic carbocycles. The van der Waals surface area contributed by atoms with Crippen LogP contribution in [0.15, 0.2) is 9.95 Å². The Morgan fingerprint density at radius 2 is 1.96 bits per heavy atom. The lowest BCUT2D eigenvalue weighted by Crippen LogP contribution is -2.24. The Bertz CT molecular complexity index is 995. The van der Waals surface area contributed by atoms with Gasteiger partial charge in [0.05, 0.1) is 10.6 Å². The molecule has 0 spiro atoms. The van der Waals surface area contributed by atoms with E-state index in [1.807, 2.05) is 41.5 Å². The molecule has 1 atom stereocenters. The molecule has 3 N–H and O–H groups in total. The Kier molecular flexibility index (Phi) is 4.40. The lowest BCUT2D eigenvalue weighted by Gasteiger charge is -2.17. The van der Waals surface area contributed by atoms with E-state index in [9.17, 15) is 4.79 Å². The zero-order valence-electron chi connectivity index (χ0n) is 15.2. The Morgan fingerprint density at radius 1 is 1.28 bits per heavy atom. The second-order valence-electron chi connectivity index (χ2n) is 7.10. The van der Waals surface area contributed by atoms with Gasteiger partial charge in [0.15, 0.2) is 5.82 Å². The number of thiophene rings is 1. The summed E-state index contributed by atoms with van der Waals surface area (Å²) in [5.74, 6) is 7.47. The maximum atomic E-state index is 12.4. The highest BCUT2D eigenvalue weighted by Crippen LogP contribution is 2.34. The van der Waals surface area contributed by atoms with Gasteiger partial charge in [-0.3, -0.25) is 4.79 Å². The van der Waals surface area contributed by atoms with Crippen LogP contribution in [0.3, 0.4) is 0 Å². The lowest BCUT2D eigenvalue weighted by molar-refractivity contribution is 0.523. The molecule has 3 aromatic rings. The number of fused-ring (bicyclic) bond motifs is 1. The number of hydrogen-bond acceptors (Lipinski definition) is 7. The van der Waals surface area contributed by atoms with E-state index < -0.39 is 0 Å². The summed E-state index contributed by atoms with van der Waals surface area (Å²) >= 11 is 2.97. The zero-order valence-corrected chi connectivity index (χ0v) is 16.8. The van der Waals surface area contributed by atoms with E-state index in [0.29, 0.717) is 22.2 Å². The molecule has 0 saturated carbocycles. The van der Waals surface area contributed by atoms with E-state index in [0.717, 1.165) is 15.3 Å². The number of thioether (sulfide) groups is 1. The van der Waals surface area contributed by atoms with E-state index in [4.69, 9.17) is 5.84 Å². The molecule has 0 aliphatic rings. The largest absolute Gasteiger partial charge is 0.336 e. The zero-order chi connectivity index (χ0) is 18.5. The number of aryl methyl sites for hydroxylation is 2. The Balaban J connectivity index is 1.94. The molecule has 0 fully saturated rings. The molecular weight excluding hydrogens is 356 g/mol. The van der Waals surface area contributed by atoms with Crippen molar-refractivity contribution in [3.05, 3.63) is 32.4 Å². The molecule has 9 heteroatoms. The highest BCUT2D eigenvalue weighted by Gasteiger charge is 2.25. The minimum atomic E-state index is -0.193. The van der Waals surface area contributed by atoms with E-state index in [2.05, 4.69) is 20.2 Å². The van der Waals surface area contributed by atoms with Crippen LogP contribution in [-0.2, 0) is 5.41 Å². The molecule has 7 nitrogen and oxygen atoms in total. The van der Waals surface area contributed by atoms with Crippen LogP contribution in [-0.4, -0.2) is 24.8 Å². The van der Waals surface area contributed by atoms with Crippen molar-refractivity contribution in [2.75, 3.05) is 5.84 Å². The van der Waals surface area contributed by atoms with Gasteiger partial charge < -0.3 is 10.8 Å². The van der Waals surface area contributed by atoms with Crippen molar-refractivity contribution >= 4 is 33.3 Å². The molecule has 0 aromatic carbocycles. The quantitative estimate of drug-likeness (QED) is 0.536. The van der Waals surface area contributed by atoms with Crippen molar-refractivity contribution in [1.29, 1.82) is 0 Å². The van der Waals surface area contributed by atoms with Crippen molar-refractivity contribution in [1.82, 2.24) is 24.8 Å². The smallest absolute Gasteiger partial charge is 0.259 e. The van der Waals surface area contributed by atoms with Crippen molar-refractivity contribution in [3.63, 3.8) is 0 Å². The second-order valence-corrected chi connectivity index (χ2v) is 9.61. The van der Waals surface area contributed by atoms with Crippen LogP contribution in [0.2, 0.25) is 0 Å². The lowest BCUT2D eigenvalue weighted by atomic mass is 9.96. The first kappa shape index (κ1) is 17.9. The van der Waals surface area contributed by atoms with Crippen molar-refractivity contribution < 1.29 is 0 Å². The van der Waals surface area contributed by atoms with Crippen LogP contribution in [0.5, 0.6) is 0 Å². The van der Waals surface area contributed by atoms with Crippen molar-refractivity contribution in [2.24, 2.45) is 0 Å². The molecule has 0 bridgehead atoms. The third-order valence-corrected chi connectivity index (χ3v) is 6.23. The van der Waals surface area contributed by atoms with E-state index in [1.165, 1.54) is 16.4 Å². The number of rotatable bonds is 3. The van der Waals surface area contributed by atoms with Gasteiger partial charge in [0, 0.05) is 10.3 Å². The second kappa shape index (κ2) is 6.14. The molecule has 3 heterocycles. The number of aromatic nitrogens is 5. The minimum Gasteiger partial charge on any atom is -0.336 e. The molecular formula is C16H22N6OS2. The maximum absolute atomic E-state index is 12.4. The summed E-state index contributed by atoms with van der Waals surface area (Å²) in [5.41, 5.74) is 0.706. The van der Waals surface area contributed by atoms with E-state index in [-0.39, 0.29) is 16.2 Å². The number of hydrogen-bond donors (Lipinski definition) is 2. The summed E-state index contributed by atoms with van der Waals surface area (Å²) in [6.07, 6.45) is 0. The van der Waals surface area contributed by atoms with Gasteiger partial charge in [0.1, 0.15) is 10.7 Å². The molecule has 0 amide bonds. The fourth-order valence-corrected chi connectivity index (χ4v) is 4.41. The average Bonchev–Trinajstić information content (AvgIpc) is 3.00. The summed E-state index contributed by atoms with van der Waals surface area (Å²) in [4.78, 5) is 21.9. The number of H-pyrrole nitrogens is 1. The van der Waals surface area contributed by atoms with Gasteiger partial charge in [-0.25, -0.2) is 9.66 Å². The van der Waals surface area contributed by atoms with Gasteiger partial charge in [-0.05, 0) is 26.3 Å². The van der Waals surface area contributed by atoms with Crippen LogP contribution in [0, 0.1) is 13.8 Å². The van der Waals surface area contributed by atoms with Crippen LogP contribution in [0.4, 0.5) is 0 Å². The topological polar surface area (TPSA) is 102 Å². The predicted molar refractivity (Wildman–Crippen MR) is 103 cm³/mol. The van der Waals surface area contributed by atoms with Gasteiger partial charge >= 0.3 is 0 Å². The van der Waals surface area contributed by atoms with Crippen LogP contribution < -0.4 is 11.4 Å². The van der Waals surface area contributed by atoms with E-state index >= 15 is 0 Å². The molecule has 0 radical (unpaired) electrons. The van der Waals surface area contributed by atoms with Gasteiger partial charge in [0.25, 0.3) is 5.56 Å². The minimum absolute atomic E-state index is 0.0982. The number of nitrogens with two attached hydrogens (primary N) is 1. The summed E-state index contributed by atoms with van der Waals surface area (Å²) in [6.45, 7) is 12.0. The molecule has 3 aromatic heterocycles. The fraction of sp³-hybridized carbons (Fsp3) is 0.500. The Hall–Kier alpha value is -1.87. The molecule has 0 saturated heterocycles. The molecule has 0 unspecified atom stereocenters. The summed E-state index contributed by atoms with van der Waals surface area (Å²) in [5, 5.41) is 9.54. The van der Waals surface area contributed by atoms with Gasteiger partial charge in [-0.1, -0.05) is 32.5 Å². The van der Waals surface area contributed by atoms with Gasteiger partial charge in [0.2, 0.25) is 5.16 Å². The SMILES string of the molecule is Cc1sc2nc([C@@H](C)Sc3nnc(C(C)(C)C)n3N)[nH]c(=O)c2c1C. The third-order valence-electron chi connectivity index (χ3n) is 4.06. The number of aromatic amines is 1. The molecule has 25 heavy (non-hydrogen) atoms. The van der Waals surface area contributed by atoms with Crippen LogP contribution in [0.1, 0.15) is 55.0 Å². The molecule has 0 aliphatic heterocycles. The molecule has 3 rings (SSSR count). The maximum Gasteiger partial charge on any atom is 0.259 e. The predicted octanol–water partition coefficient (Wildman–Crippen LogP) is 3.06. The van der Waals surface area contributed by atoms with Crippen molar-refractivity contribution in [3.8, 4) is 0 Å². The fourth-order valence-electron chi connectivity index (χ4n) is 2.55. The standard InChI is InChI=1S/C16H22N6OS2/c1-7-8(2)24-13-10(7)12(23)18-11(19-13)9(3)25-15-21-20-14(22(15)17)16(4,5)6/h9H,17H2,1-6H3,(H,18,19,23)/t9-/m1/s1. The Labute approximate surface area is 154 Å². The summed E-state index contributed by atoms with van der Waals surface area (Å²) < 4.78 is 1.51. The highest BCUT2D eigenvalue weighted by atomic mass is 32.2. The first-order chi connectivity index (χ1) is 11.6. The first-order valence-corrected chi connectivity index (χ1v) is 9.66. The van der Waals surface area contributed by atoms with Crippen LogP contribution in [0.25, 0.3) is 10.2 Å². The summed E-state index contributed by atoms with van der Waals surface area (Å²) in [6, 6.07) is 0. The third kappa shape index (κ3) is 3.18. The number of nitrogens with zero attached hydrogens (tertiary/aromatic N) is 4.